The number of hydrogen-bond donors (Lipinski definition) is 1. The number of nitrogens with one attached hydrogen (secondary N) is 1. The van der Waals surface area contributed by atoms with Gasteiger partial charge in [0, 0.05) is 5.69 Å². The first-order valence-electron chi connectivity index (χ1n) is 17.6. The van der Waals surface area contributed by atoms with Gasteiger partial charge >= 0.3 is 6.03 Å². The van der Waals surface area contributed by atoms with Crippen LogP contribution in [0.1, 0.15) is 49.7 Å². The summed E-state index contributed by atoms with van der Waals surface area (Å²) < 4.78 is 11.4. The number of benzene rings is 4. The predicted molar refractivity (Wildman–Crippen MR) is 195 cm³/mol. The van der Waals surface area contributed by atoms with Crippen LogP contribution < -0.4 is 24.6 Å². The second-order valence-electron chi connectivity index (χ2n) is 14.3. The Morgan fingerprint density at radius 2 is 1.29 bits per heavy atom. The predicted octanol–water partition coefficient (Wildman–Crippen LogP) is 7.76. The molecule has 5 aliphatic rings. The van der Waals surface area contributed by atoms with E-state index in [4.69, 9.17) is 9.47 Å². The van der Waals surface area contributed by atoms with Gasteiger partial charge in [-0.1, -0.05) is 54.6 Å². The van der Waals surface area contributed by atoms with Crippen molar-refractivity contribution in [3.63, 3.8) is 0 Å². The molecule has 1 N–H and O–H groups in total. The maximum absolute atomic E-state index is 13.7. The summed E-state index contributed by atoms with van der Waals surface area (Å²) in [6.45, 7) is -0.245. The topological polar surface area (TPSA) is 105 Å². The number of urea groups is 1. The lowest BCUT2D eigenvalue weighted by Gasteiger charge is -2.57. The van der Waals surface area contributed by atoms with Gasteiger partial charge in [0.25, 0.3) is 17.7 Å². The number of carbonyl (C=O) groups is 4. The van der Waals surface area contributed by atoms with Crippen LogP contribution in [0.4, 0.5) is 21.9 Å². The maximum Gasteiger partial charge on any atom is 0.343 e. The van der Waals surface area contributed by atoms with E-state index in [0.717, 1.165) is 33.2 Å². The fourth-order valence-electron chi connectivity index (χ4n) is 9.11. The molecule has 0 aromatic heterocycles. The summed E-state index contributed by atoms with van der Waals surface area (Å²) in [5.74, 6) is 1.44. The number of barbiturate groups is 1. The SMILES string of the molecule is COc1cc(C=C2C(=O)N(c3ccccc3)C(=O)N(c3ccccc3)C2=O)ccc1OCC(=O)Nc1ccc(C23CC4CC(CC(C4)C2)C3)cc1. The number of carbonyl (C=O) groups excluding carboxylic acids is 4. The van der Waals surface area contributed by atoms with Crippen molar-refractivity contribution in [3.05, 3.63) is 120 Å². The van der Waals surface area contributed by atoms with Gasteiger partial charge in [-0.3, -0.25) is 14.4 Å². The van der Waals surface area contributed by atoms with Crippen LogP contribution in [0.15, 0.2) is 109 Å². The highest BCUT2D eigenvalue weighted by atomic mass is 16.5. The zero-order valence-electron chi connectivity index (χ0n) is 28.4. The molecule has 9 heteroatoms. The van der Waals surface area contributed by atoms with E-state index in [1.54, 1.807) is 78.9 Å². The molecular formula is C42H39N3O6. The summed E-state index contributed by atoms with van der Waals surface area (Å²) >= 11 is 0. The Morgan fingerprint density at radius 1 is 0.745 bits per heavy atom. The number of methoxy groups -OCH3 is 1. The molecule has 0 radical (unpaired) electrons. The Morgan fingerprint density at radius 3 is 1.82 bits per heavy atom. The minimum atomic E-state index is -0.766. The summed E-state index contributed by atoms with van der Waals surface area (Å²) in [5.41, 5.74) is 3.37. The molecule has 4 bridgehead atoms. The third kappa shape index (κ3) is 6.17. The van der Waals surface area contributed by atoms with E-state index >= 15 is 0 Å². The Bertz CT molecular complexity index is 1930. The average Bonchev–Trinajstić information content (AvgIpc) is 3.13. The first-order chi connectivity index (χ1) is 24.8. The first kappa shape index (κ1) is 32.5. The van der Waals surface area contributed by atoms with Crippen LogP contribution in [0.25, 0.3) is 6.08 Å². The van der Waals surface area contributed by atoms with Crippen molar-refractivity contribution in [2.75, 3.05) is 28.8 Å². The van der Waals surface area contributed by atoms with Crippen molar-refractivity contribution in [1.82, 2.24) is 0 Å². The van der Waals surface area contributed by atoms with Crippen LogP contribution in [-0.4, -0.2) is 37.5 Å². The summed E-state index contributed by atoms with van der Waals surface area (Å²) in [6, 6.07) is 29.4. The number of hydrogen-bond acceptors (Lipinski definition) is 6. The quantitative estimate of drug-likeness (QED) is 0.143. The van der Waals surface area contributed by atoms with Gasteiger partial charge in [0.05, 0.1) is 18.5 Å². The number of para-hydroxylation sites is 2. The van der Waals surface area contributed by atoms with Crippen LogP contribution in [0.3, 0.4) is 0 Å². The first-order valence-corrected chi connectivity index (χ1v) is 17.6. The van der Waals surface area contributed by atoms with Crippen LogP contribution >= 0.6 is 0 Å². The maximum atomic E-state index is 13.7. The standard InChI is InChI=1S/C42H39N3O6/c1-50-37-22-27(21-35-39(47)44(33-8-4-2-5-9-33)41(49)45(40(35)48)34-10-6-3-7-11-34)12-17-36(37)51-26-38(46)43-32-15-13-31(14-16-32)42-23-28-18-29(24-42)20-30(19-28)25-42/h2-17,21-22,28-30H,18-20,23-26H2,1H3,(H,43,46). The number of anilines is 3. The van der Waals surface area contributed by atoms with Gasteiger partial charge in [0.15, 0.2) is 18.1 Å². The molecule has 5 fully saturated rings. The third-order valence-electron chi connectivity index (χ3n) is 11.0. The molecule has 1 aliphatic heterocycles. The van der Waals surface area contributed by atoms with Gasteiger partial charge < -0.3 is 14.8 Å². The fraction of sp³-hybridized carbons (Fsp3) is 0.286. The molecular weight excluding hydrogens is 642 g/mol. The van der Waals surface area contributed by atoms with E-state index in [1.807, 2.05) is 12.1 Å². The van der Waals surface area contributed by atoms with Gasteiger partial charge in [0.1, 0.15) is 5.57 Å². The molecule has 51 heavy (non-hydrogen) atoms. The van der Waals surface area contributed by atoms with Crippen LogP contribution in [0.5, 0.6) is 11.5 Å². The molecule has 4 aromatic rings. The monoisotopic (exact) mass is 681 g/mol. The van der Waals surface area contributed by atoms with Crippen molar-refractivity contribution in [1.29, 1.82) is 0 Å². The molecule has 1 heterocycles. The Labute approximate surface area is 296 Å². The lowest BCUT2D eigenvalue weighted by molar-refractivity contribution is -0.121. The van der Waals surface area contributed by atoms with Crippen molar-refractivity contribution < 1.29 is 28.7 Å². The lowest BCUT2D eigenvalue weighted by atomic mass is 9.48. The minimum absolute atomic E-state index is 0.202. The van der Waals surface area contributed by atoms with E-state index in [0.29, 0.717) is 33.9 Å². The molecule has 4 saturated carbocycles. The molecule has 0 atom stereocenters. The molecule has 0 spiro atoms. The molecule has 1 saturated heterocycles. The van der Waals surface area contributed by atoms with E-state index < -0.39 is 17.8 Å². The number of nitrogens with zero attached hydrogens (tertiary/aromatic N) is 2. The zero-order chi connectivity index (χ0) is 35.1. The highest BCUT2D eigenvalue weighted by Crippen LogP contribution is 2.60. The zero-order valence-corrected chi connectivity index (χ0v) is 28.4. The molecule has 9 rings (SSSR count). The van der Waals surface area contributed by atoms with Crippen LogP contribution in [-0.2, 0) is 19.8 Å². The molecule has 4 aromatic carbocycles. The van der Waals surface area contributed by atoms with Crippen molar-refractivity contribution in [2.45, 2.75) is 43.9 Å². The summed E-state index contributed by atoms with van der Waals surface area (Å²) in [4.78, 5) is 55.9. The number of amides is 5. The smallest absolute Gasteiger partial charge is 0.343 e. The van der Waals surface area contributed by atoms with Crippen molar-refractivity contribution in [3.8, 4) is 11.5 Å². The normalized spacial score (nSPS) is 23.7. The number of imide groups is 2. The summed E-state index contributed by atoms with van der Waals surface area (Å²) in [7, 11) is 1.47. The highest BCUT2D eigenvalue weighted by Gasteiger charge is 2.51. The largest absolute Gasteiger partial charge is 0.493 e. The van der Waals surface area contributed by atoms with Gasteiger partial charge in [-0.2, -0.15) is 0 Å². The fourth-order valence-corrected chi connectivity index (χ4v) is 9.11. The molecule has 0 unspecified atom stereocenters. The Hall–Kier alpha value is -5.70. The van der Waals surface area contributed by atoms with E-state index in [2.05, 4.69) is 17.4 Å². The van der Waals surface area contributed by atoms with Crippen molar-refractivity contribution >= 4 is 46.9 Å². The molecule has 258 valence electrons. The minimum Gasteiger partial charge on any atom is -0.493 e. The third-order valence-corrected chi connectivity index (χ3v) is 11.0. The molecule has 5 amide bonds. The van der Waals surface area contributed by atoms with Crippen LogP contribution in [0, 0.1) is 17.8 Å². The van der Waals surface area contributed by atoms with Gasteiger partial charge in [-0.05, 0) is 127 Å². The van der Waals surface area contributed by atoms with Gasteiger partial charge in [-0.15, -0.1) is 0 Å². The van der Waals surface area contributed by atoms with Gasteiger partial charge in [0.2, 0.25) is 0 Å². The second kappa shape index (κ2) is 13.2. The highest BCUT2D eigenvalue weighted by molar-refractivity contribution is 6.46. The van der Waals surface area contributed by atoms with Crippen LogP contribution in [0.2, 0.25) is 0 Å². The van der Waals surface area contributed by atoms with E-state index in [1.165, 1.54) is 57.3 Å². The second-order valence-corrected chi connectivity index (χ2v) is 14.3. The van der Waals surface area contributed by atoms with Crippen molar-refractivity contribution in [2.24, 2.45) is 17.8 Å². The molecule has 4 aliphatic carbocycles. The van der Waals surface area contributed by atoms with E-state index in [-0.39, 0.29) is 18.1 Å². The summed E-state index contributed by atoms with van der Waals surface area (Å²) in [5, 5.41) is 2.94. The Balaban J connectivity index is 0.966. The number of ether oxygens (including phenoxy) is 2. The average molecular weight is 682 g/mol. The number of rotatable bonds is 9. The van der Waals surface area contributed by atoms with Gasteiger partial charge in [-0.25, -0.2) is 14.6 Å². The Kier molecular flexibility index (Phi) is 8.42. The van der Waals surface area contributed by atoms with E-state index in [9.17, 15) is 19.2 Å². The summed E-state index contributed by atoms with van der Waals surface area (Å²) in [6.07, 6.45) is 9.51. The lowest BCUT2D eigenvalue weighted by Crippen LogP contribution is -2.57. The molecule has 9 nitrogen and oxygen atoms in total.